The van der Waals surface area contributed by atoms with Gasteiger partial charge in [0.15, 0.2) is 0 Å². The van der Waals surface area contributed by atoms with Crippen LogP contribution in [-0.2, 0) is 17.8 Å². The SMILES string of the molecule is CCn1c(CC(C)=O)nc2ccccc21. The van der Waals surface area contributed by atoms with Crippen molar-refractivity contribution in [3.05, 3.63) is 30.1 Å². The number of benzene rings is 1. The van der Waals surface area contributed by atoms with Crippen LogP contribution in [0.3, 0.4) is 0 Å². The number of imidazole rings is 1. The highest BCUT2D eigenvalue weighted by Gasteiger charge is 2.09. The Morgan fingerprint density at radius 1 is 1.40 bits per heavy atom. The van der Waals surface area contributed by atoms with Gasteiger partial charge in [-0.05, 0) is 26.0 Å². The van der Waals surface area contributed by atoms with E-state index in [-0.39, 0.29) is 5.78 Å². The number of carbonyl (C=O) groups is 1. The topological polar surface area (TPSA) is 34.9 Å². The second-order valence-electron chi connectivity index (χ2n) is 3.64. The maximum absolute atomic E-state index is 11.1. The highest BCUT2D eigenvalue weighted by molar-refractivity contribution is 5.80. The lowest BCUT2D eigenvalue weighted by atomic mass is 10.3. The molecule has 3 heteroatoms. The number of nitrogens with zero attached hydrogens (tertiary/aromatic N) is 2. The van der Waals surface area contributed by atoms with Gasteiger partial charge < -0.3 is 4.57 Å². The molecule has 0 atom stereocenters. The van der Waals surface area contributed by atoms with Gasteiger partial charge in [-0.25, -0.2) is 4.98 Å². The third kappa shape index (κ3) is 1.77. The van der Waals surface area contributed by atoms with Crippen LogP contribution in [0, 0.1) is 0 Å². The Balaban J connectivity index is 2.58. The zero-order valence-electron chi connectivity index (χ0n) is 9.03. The lowest BCUT2D eigenvalue weighted by Gasteiger charge is -2.03. The van der Waals surface area contributed by atoms with Crippen LogP contribution < -0.4 is 0 Å². The van der Waals surface area contributed by atoms with Gasteiger partial charge in [0, 0.05) is 6.54 Å². The van der Waals surface area contributed by atoms with Crippen LogP contribution in [0.15, 0.2) is 24.3 Å². The van der Waals surface area contributed by atoms with Gasteiger partial charge >= 0.3 is 0 Å². The minimum atomic E-state index is 0.153. The summed E-state index contributed by atoms with van der Waals surface area (Å²) in [7, 11) is 0. The van der Waals surface area contributed by atoms with Crippen LogP contribution in [0.1, 0.15) is 19.7 Å². The van der Waals surface area contributed by atoms with E-state index in [1.54, 1.807) is 6.92 Å². The molecule has 1 aromatic heterocycles. The predicted octanol–water partition coefficient (Wildman–Crippen LogP) is 2.19. The minimum Gasteiger partial charge on any atom is -0.328 e. The van der Waals surface area contributed by atoms with Crippen LogP contribution >= 0.6 is 0 Å². The van der Waals surface area contributed by atoms with Crippen molar-refractivity contribution in [1.82, 2.24) is 9.55 Å². The summed E-state index contributed by atoms with van der Waals surface area (Å²) in [5.74, 6) is 1.02. The zero-order valence-corrected chi connectivity index (χ0v) is 9.03. The van der Waals surface area contributed by atoms with E-state index in [1.807, 2.05) is 24.3 Å². The average Bonchev–Trinajstić information content (AvgIpc) is 2.53. The first-order chi connectivity index (χ1) is 7.22. The van der Waals surface area contributed by atoms with Gasteiger partial charge in [0.1, 0.15) is 11.6 Å². The number of para-hydroxylation sites is 2. The fraction of sp³-hybridized carbons (Fsp3) is 0.333. The zero-order chi connectivity index (χ0) is 10.8. The number of rotatable bonds is 3. The van der Waals surface area contributed by atoms with Crippen LogP contribution in [0.25, 0.3) is 11.0 Å². The molecule has 2 rings (SSSR count). The molecule has 0 aliphatic rings. The summed E-state index contributed by atoms with van der Waals surface area (Å²) in [5.41, 5.74) is 2.08. The molecule has 3 nitrogen and oxygen atoms in total. The molecule has 0 saturated heterocycles. The average molecular weight is 202 g/mol. The van der Waals surface area contributed by atoms with Crippen molar-refractivity contribution >= 4 is 16.8 Å². The summed E-state index contributed by atoms with van der Waals surface area (Å²) in [5, 5.41) is 0. The number of fused-ring (bicyclic) bond motifs is 1. The number of Topliss-reactive ketones (excluding diaryl/α,β-unsaturated/α-hetero) is 1. The van der Waals surface area contributed by atoms with Gasteiger partial charge in [0.2, 0.25) is 0 Å². The summed E-state index contributed by atoms with van der Waals surface area (Å²) in [6.45, 7) is 4.51. The number of carbonyl (C=O) groups excluding carboxylic acids is 1. The Kier molecular flexibility index (Phi) is 2.54. The molecule has 15 heavy (non-hydrogen) atoms. The summed E-state index contributed by atoms with van der Waals surface area (Å²) in [6.07, 6.45) is 0.419. The molecule has 0 spiro atoms. The van der Waals surface area contributed by atoms with E-state index in [0.29, 0.717) is 6.42 Å². The highest BCUT2D eigenvalue weighted by Crippen LogP contribution is 2.16. The van der Waals surface area contributed by atoms with E-state index in [1.165, 1.54) is 0 Å². The fourth-order valence-corrected chi connectivity index (χ4v) is 1.84. The number of hydrogen-bond acceptors (Lipinski definition) is 2. The molecular formula is C12H14N2O. The smallest absolute Gasteiger partial charge is 0.137 e. The Hall–Kier alpha value is -1.64. The number of aryl methyl sites for hydroxylation is 1. The quantitative estimate of drug-likeness (QED) is 0.764. The molecule has 0 bridgehead atoms. The highest BCUT2D eigenvalue weighted by atomic mass is 16.1. The first kappa shape index (κ1) is 9.90. The molecule has 1 heterocycles. The normalized spacial score (nSPS) is 10.8. The van der Waals surface area contributed by atoms with Crippen molar-refractivity contribution in [2.24, 2.45) is 0 Å². The van der Waals surface area contributed by atoms with E-state index in [0.717, 1.165) is 23.4 Å². The number of aromatic nitrogens is 2. The van der Waals surface area contributed by atoms with Crippen LogP contribution in [-0.4, -0.2) is 15.3 Å². The standard InChI is InChI=1S/C12H14N2O/c1-3-14-11-7-5-4-6-10(11)13-12(14)8-9(2)15/h4-7H,3,8H2,1-2H3. The molecule has 0 N–H and O–H groups in total. The monoisotopic (exact) mass is 202 g/mol. The molecule has 0 amide bonds. The largest absolute Gasteiger partial charge is 0.328 e. The first-order valence-corrected chi connectivity index (χ1v) is 5.16. The third-order valence-electron chi connectivity index (χ3n) is 2.46. The van der Waals surface area contributed by atoms with Gasteiger partial charge in [-0.1, -0.05) is 12.1 Å². The molecular weight excluding hydrogens is 188 g/mol. The molecule has 0 fully saturated rings. The molecule has 2 aromatic rings. The second kappa shape index (κ2) is 3.85. The Morgan fingerprint density at radius 2 is 2.13 bits per heavy atom. The van der Waals surface area contributed by atoms with E-state index in [9.17, 15) is 4.79 Å². The van der Waals surface area contributed by atoms with E-state index in [2.05, 4.69) is 16.5 Å². The van der Waals surface area contributed by atoms with Gasteiger partial charge in [-0.15, -0.1) is 0 Å². The van der Waals surface area contributed by atoms with E-state index < -0.39 is 0 Å². The van der Waals surface area contributed by atoms with Crippen molar-refractivity contribution in [2.75, 3.05) is 0 Å². The van der Waals surface area contributed by atoms with Gasteiger partial charge in [0.05, 0.1) is 17.5 Å². The minimum absolute atomic E-state index is 0.153. The van der Waals surface area contributed by atoms with E-state index >= 15 is 0 Å². The number of ketones is 1. The van der Waals surface area contributed by atoms with Crippen molar-refractivity contribution in [3.63, 3.8) is 0 Å². The Morgan fingerprint density at radius 3 is 2.80 bits per heavy atom. The molecule has 1 aromatic carbocycles. The third-order valence-corrected chi connectivity index (χ3v) is 2.46. The maximum Gasteiger partial charge on any atom is 0.137 e. The van der Waals surface area contributed by atoms with Crippen LogP contribution in [0.2, 0.25) is 0 Å². The second-order valence-corrected chi connectivity index (χ2v) is 3.64. The van der Waals surface area contributed by atoms with Crippen molar-refractivity contribution < 1.29 is 4.79 Å². The van der Waals surface area contributed by atoms with Crippen LogP contribution in [0.5, 0.6) is 0 Å². The Labute approximate surface area is 88.7 Å². The first-order valence-electron chi connectivity index (χ1n) is 5.16. The molecule has 0 unspecified atom stereocenters. The van der Waals surface area contributed by atoms with Gasteiger partial charge in [-0.3, -0.25) is 4.79 Å². The molecule has 0 saturated carbocycles. The molecule has 0 aliphatic carbocycles. The van der Waals surface area contributed by atoms with Crippen molar-refractivity contribution in [3.8, 4) is 0 Å². The summed E-state index contributed by atoms with van der Waals surface area (Å²) < 4.78 is 2.09. The molecule has 0 aliphatic heterocycles. The summed E-state index contributed by atoms with van der Waals surface area (Å²) >= 11 is 0. The van der Waals surface area contributed by atoms with Crippen LogP contribution in [0.4, 0.5) is 0 Å². The van der Waals surface area contributed by atoms with Crippen molar-refractivity contribution in [1.29, 1.82) is 0 Å². The predicted molar refractivity (Wildman–Crippen MR) is 59.8 cm³/mol. The molecule has 78 valence electrons. The maximum atomic E-state index is 11.1. The van der Waals surface area contributed by atoms with Gasteiger partial charge in [0.25, 0.3) is 0 Å². The lowest BCUT2D eigenvalue weighted by molar-refractivity contribution is -0.116. The Bertz CT molecular complexity index is 499. The van der Waals surface area contributed by atoms with Crippen molar-refractivity contribution in [2.45, 2.75) is 26.8 Å². The number of hydrogen-bond donors (Lipinski definition) is 0. The van der Waals surface area contributed by atoms with E-state index in [4.69, 9.17) is 0 Å². The molecule has 0 radical (unpaired) electrons. The fourth-order valence-electron chi connectivity index (χ4n) is 1.84. The lowest BCUT2D eigenvalue weighted by Crippen LogP contribution is -2.06. The summed E-state index contributed by atoms with van der Waals surface area (Å²) in [4.78, 5) is 15.6. The van der Waals surface area contributed by atoms with Gasteiger partial charge in [-0.2, -0.15) is 0 Å². The summed E-state index contributed by atoms with van der Waals surface area (Å²) in [6, 6.07) is 7.97.